The van der Waals surface area contributed by atoms with Crippen LogP contribution in [0, 0.1) is 11.3 Å². The summed E-state index contributed by atoms with van der Waals surface area (Å²) in [7, 11) is -3.69. The monoisotopic (exact) mass is 553 g/mol. The van der Waals surface area contributed by atoms with E-state index in [1.54, 1.807) is 29.0 Å². The summed E-state index contributed by atoms with van der Waals surface area (Å²) in [6.07, 6.45) is 3.61. The number of sulfonamides is 1. The number of aromatic nitrogens is 3. The molecule has 0 atom stereocenters. The number of rotatable bonds is 6. The lowest BCUT2D eigenvalue weighted by molar-refractivity contribution is 0.0730. The van der Waals surface area contributed by atoms with Gasteiger partial charge in [-0.2, -0.15) is 14.7 Å². The minimum Gasteiger partial charge on any atom is -0.379 e. The van der Waals surface area contributed by atoms with Gasteiger partial charge in [-0.3, -0.25) is 0 Å². The van der Waals surface area contributed by atoms with E-state index in [4.69, 9.17) is 9.84 Å². The van der Waals surface area contributed by atoms with Crippen molar-refractivity contribution in [2.45, 2.75) is 4.90 Å². The van der Waals surface area contributed by atoms with Crippen LogP contribution in [0.5, 0.6) is 0 Å². The lowest BCUT2D eigenvalue weighted by Gasteiger charge is -2.26. The van der Waals surface area contributed by atoms with Crippen LogP contribution < -0.4 is 0 Å². The van der Waals surface area contributed by atoms with Gasteiger partial charge in [0.15, 0.2) is 0 Å². The fourth-order valence-corrected chi connectivity index (χ4v) is 6.84. The molecule has 3 heterocycles. The van der Waals surface area contributed by atoms with Crippen LogP contribution in [0.2, 0.25) is 0 Å². The molecule has 0 amide bonds. The smallest absolute Gasteiger partial charge is 0.243 e. The molecule has 3 aromatic carbocycles. The van der Waals surface area contributed by atoms with Crippen molar-refractivity contribution >= 4 is 43.2 Å². The van der Waals surface area contributed by atoms with Gasteiger partial charge < -0.3 is 4.74 Å². The summed E-state index contributed by atoms with van der Waals surface area (Å²) in [5.74, 6) is 0. The number of benzene rings is 3. The van der Waals surface area contributed by atoms with E-state index < -0.39 is 10.0 Å². The number of morpholine rings is 1. The third kappa shape index (κ3) is 5.01. The van der Waals surface area contributed by atoms with Crippen LogP contribution in [0.15, 0.2) is 90.0 Å². The van der Waals surface area contributed by atoms with E-state index in [2.05, 4.69) is 11.1 Å². The van der Waals surface area contributed by atoms with E-state index in [1.165, 1.54) is 15.6 Å². The molecule has 194 valence electrons. The predicted molar refractivity (Wildman–Crippen MR) is 152 cm³/mol. The van der Waals surface area contributed by atoms with Crippen molar-refractivity contribution in [3.05, 3.63) is 95.6 Å². The molecule has 8 nitrogen and oxygen atoms in total. The number of hydrogen-bond donors (Lipinski definition) is 0. The lowest BCUT2D eigenvalue weighted by atomic mass is 10.1. The maximum Gasteiger partial charge on any atom is 0.243 e. The van der Waals surface area contributed by atoms with Gasteiger partial charge in [0.05, 0.1) is 39.6 Å². The molecular weight excluding hydrogens is 530 g/mol. The van der Waals surface area contributed by atoms with Crippen LogP contribution in [0.1, 0.15) is 10.6 Å². The molecule has 5 aromatic rings. The molecule has 0 radical (unpaired) electrons. The molecule has 2 aromatic heterocycles. The topological polar surface area (TPSA) is 101 Å². The highest BCUT2D eigenvalue weighted by molar-refractivity contribution is 7.89. The number of nitriles is 1. The summed E-state index contributed by atoms with van der Waals surface area (Å²) in [5.41, 5.74) is 3.95. The highest BCUT2D eigenvalue weighted by Crippen LogP contribution is 2.32. The predicted octanol–water partition coefficient (Wildman–Crippen LogP) is 5.23. The Morgan fingerprint density at radius 3 is 2.54 bits per heavy atom. The molecule has 0 N–H and O–H groups in total. The third-order valence-electron chi connectivity index (χ3n) is 6.42. The standard InChI is InChI=1S/C29H23N5O3S2/c30-19-22(29-31-26-11-4-5-12-27(26)38-29)17-23-20-34(24-8-2-1-3-9-24)32-28(23)21-7-6-10-25(18-21)39(35,36)33-13-15-37-16-14-33/h1-12,17-18,20H,13-16H2/b22-17-. The zero-order valence-electron chi connectivity index (χ0n) is 20.8. The van der Waals surface area contributed by atoms with Crippen molar-refractivity contribution in [1.82, 2.24) is 19.1 Å². The maximum absolute atomic E-state index is 13.4. The molecule has 0 unspecified atom stereocenters. The molecule has 1 saturated heterocycles. The number of thiazole rings is 1. The molecule has 10 heteroatoms. The minimum atomic E-state index is -3.69. The molecule has 0 spiro atoms. The zero-order valence-corrected chi connectivity index (χ0v) is 22.4. The quantitative estimate of drug-likeness (QED) is 0.267. The Morgan fingerprint density at radius 2 is 1.77 bits per heavy atom. The molecule has 6 rings (SSSR count). The molecule has 1 aliphatic rings. The van der Waals surface area contributed by atoms with Crippen LogP contribution in [0.25, 0.3) is 38.8 Å². The van der Waals surface area contributed by atoms with E-state index in [1.807, 2.05) is 66.9 Å². The number of para-hydroxylation sites is 2. The summed E-state index contributed by atoms with van der Waals surface area (Å²) in [6.45, 7) is 1.38. The number of fused-ring (bicyclic) bond motifs is 1. The van der Waals surface area contributed by atoms with Crippen molar-refractivity contribution in [2.24, 2.45) is 0 Å². The van der Waals surface area contributed by atoms with Crippen LogP contribution in [-0.4, -0.2) is 53.8 Å². The molecular formula is C29H23N5O3S2. The van der Waals surface area contributed by atoms with Crippen molar-refractivity contribution in [3.63, 3.8) is 0 Å². The second kappa shape index (κ2) is 10.6. The fraction of sp³-hybridized carbons (Fsp3) is 0.138. The van der Waals surface area contributed by atoms with Gasteiger partial charge in [-0.25, -0.2) is 18.1 Å². The van der Waals surface area contributed by atoms with Gasteiger partial charge in [-0.05, 0) is 42.5 Å². The summed E-state index contributed by atoms with van der Waals surface area (Å²) in [5, 5.41) is 15.5. The summed E-state index contributed by atoms with van der Waals surface area (Å²) >= 11 is 1.45. The third-order valence-corrected chi connectivity index (χ3v) is 9.39. The lowest BCUT2D eigenvalue weighted by Crippen LogP contribution is -2.40. The molecule has 39 heavy (non-hydrogen) atoms. The van der Waals surface area contributed by atoms with Crippen LogP contribution in [-0.2, 0) is 14.8 Å². The fourth-order valence-electron chi connectivity index (χ4n) is 4.45. The highest BCUT2D eigenvalue weighted by Gasteiger charge is 2.27. The maximum atomic E-state index is 13.4. The number of hydrogen-bond acceptors (Lipinski definition) is 7. The van der Waals surface area contributed by atoms with Crippen molar-refractivity contribution < 1.29 is 13.2 Å². The molecule has 0 saturated carbocycles. The number of allylic oxidation sites excluding steroid dienone is 1. The van der Waals surface area contributed by atoms with Crippen molar-refractivity contribution in [3.8, 4) is 23.0 Å². The van der Waals surface area contributed by atoms with E-state index in [9.17, 15) is 13.7 Å². The van der Waals surface area contributed by atoms with Crippen LogP contribution in [0.3, 0.4) is 0 Å². The van der Waals surface area contributed by atoms with Gasteiger partial charge in [0.2, 0.25) is 10.0 Å². The number of nitrogens with zero attached hydrogens (tertiary/aromatic N) is 5. The summed E-state index contributed by atoms with van der Waals surface area (Å²) < 4.78 is 36.2. The Bertz CT molecular complexity index is 1800. The van der Waals surface area contributed by atoms with Crippen LogP contribution in [0.4, 0.5) is 0 Å². The van der Waals surface area contributed by atoms with Gasteiger partial charge in [0.25, 0.3) is 0 Å². The van der Waals surface area contributed by atoms with Gasteiger partial charge in [-0.1, -0.05) is 42.5 Å². The minimum absolute atomic E-state index is 0.192. The molecule has 0 aliphatic carbocycles. The first-order valence-corrected chi connectivity index (χ1v) is 14.6. The van der Waals surface area contributed by atoms with Gasteiger partial charge in [0.1, 0.15) is 16.8 Å². The van der Waals surface area contributed by atoms with Crippen LogP contribution >= 0.6 is 11.3 Å². The average molecular weight is 554 g/mol. The van der Waals surface area contributed by atoms with Crippen molar-refractivity contribution in [2.75, 3.05) is 26.3 Å². The summed E-state index contributed by atoms with van der Waals surface area (Å²) in [6, 6.07) is 26.5. The summed E-state index contributed by atoms with van der Waals surface area (Å²) in [4.78, 5) is 4.84. The second-order valence-corrected chi connectivity index (χ2v) is 11.9. The molecule has 1 fully saturated rings. The molecule has 0 bridgehead atoms. The van der Waals surface area contributed by atoms with E-state index >= 15 is 0 Å². The normalized spacial score (nSPS) is 14.9. The Hall–Kier alpha value is -4.14. The SMILES string of the molecule is N#C/C(=C/c1cn(-c2ccccc2)nc1-c1cccc(S(=O)(=O)N2CCOCC2)c1)c1nc2ccccc2s1. The average Bonchev–Trinajstić information content (AvgIpc) is 3.61. The van der Waals surface area contributed by atoms with E-state index in [0.717, 1.165) is 15.9 Å². The Labute approximate surface area is 230 Å². The van der Waals surface area contributed by atoms with E-state index in [-0.39, 0.29) is 4.90 Å². The highest BCUT2D eigenvalue weighted by atomic mass is 32.2. The second-order valence-electron chi connectivity index (χ2n) is 8.91. The van der Waals surface area contributed by atoms with Gasteiger partial charge >= 0.3 is 0 Å². The Morgan fingerprint density at radius 1 is 1.00 bits per heavy atom. The van der Waals surface area contributed by atoms with E-state index in [0.29, 0.717) is 53.7 Å². The zero-order chi connectivity index (χ0) is 26.8. The van der Waals surface area contributed by atoms with Crippen molar-refractivity contribution in [1.29, 1.82) is 5.26 Å². The van der Waals surface area contributed by atoms with Gasteiger partial charge in [0, 0.05) is 30.4 Å². The first-order chi connectivity index (χ1) is 19.0. The Kier molecular flexibility index (Phi) is 6.81. The first-order valence-electron chi connectivity index (χ1n) is 12.3. The largest absolute Gasteiger partial charge is 0.379 e. The first kappa shape index (κ1) is 25.2. The molecule has 1 aliphatic heterocycles. The van der Waals surface area contributed by atoms with Gasteiger partial charge in [-0.15, -0.1) is 11.3 Å². The number of ether oxygens (including phenoxy) is 1. The Balaban J connectivity index is 1.47.